The molecule has 1 aromatic heterocycles. The zero-order valence-corrected chi connectivity index (χ0v) is 17.4. The van der Waals surface area contributed by atoms with E-state index in [-0.39, 0.29) is 27.8 Å². The van der Waals surface area contributed by atoms with E-state index >= 15 is 4.39 Å². The number of amides is 1. The molecule has 0 aliphatic carbocycles. The number of carbonyl (C=O) groups excluding carboxylic acids is 1. The lowest BCUT2D eigenvalue weighted by molar-refractivity contribution is -0.126. The highest BCUT2D eigenvalue weighted by molar-refractivity contribution is 7.11. The number of hydrogen-bond acceptors (Lipinski definition) is 5. The second-order valence-corrected chi connectivity index (χ2v) is 8.11. The van der Waals surface area contributed by atoms with Crippen LogP contribution in [0.15, 0.2) is 36.9 Å². The second-order valence-electron chi connectivity index (χ2n) is 6.95. The molecule has 2 aromatic carbocycles. The fourth-order valence-electron chi connectivity index (χ4n) is 3.61. The molecule has 1 amide bonds. The summed E-state index contributed by atoms with van der Waals surface area (Å²) in [6, 6.07) is 6.52. The molecule has 1 N–H and O–H groups in total. The minimum atomic E-state index is -0.496. The summed E-state index contributed by atoms with van der Waals surface area (Å²) in [6.45, 7) is 7.76. The molecule has 4 rings (SSSR count). The van der Waals surface area contributed by atoms with Gasteiger partial charge in [0.25, 0.3) is 0 Å². The molecule has 8 heteroatoms. The second kappa shape index (κ2) is 7.65. The van der Waals surface area contributed by atoms with Crippen LogP contribution >= 0.6 is 23.1 Å². The van der Waals surface area contributed by atoms with Crippen LogP contribution in [-0.4, -0.2) is 46.5 Å². The molecule has 29 heavy (non-hydrogen) atoms. The predicted molar refractivity (Wildman–Crippen MR) is 115 cm³/mol. The largest absolute Gasteiger partial charge is 0.508 e. The molecule has 0 radical (unpaired) electrons. The molecule has 1 aliphatic heterocycles. The first kappa shape index (κ1) is 19.7. The lowest BCUT2D eigenvalue weighted by Gasteiger charge is -2.34. The van der Waals surface area contributed by atoms with Gasteiger partial charge >= 0.3 is 0 Å². The molecule has 5 nitrogen and oxygen atoms in total. The van der Waals surface area contributed by atoms with Crippen LogP contribution in [0.25, 0.3) is 22.0 Å². The molecule has 1 aliphatic rings. The van der Waals surface area contributed by atoms with Crippen molar-refractivity contribution in [1.29, 1.82) is 0 Å². The van der Waals surface area contributed by atoms with Crippen molar-refractivity contribution < 1.29 is 14.3 Å². The van der Waals surface area contributed by atoms with Crippen molar-refractivity contribution in [3.63, 3.8) is 0 Å². The molecule has 0 bridgehead atoms. The highest BCUT2D eigenvalue weighted by Gasteiger charge is 2.25. The van der Waals surface area contributed by atoms with Gasteiger partial charge in [-0.2, -0.15) is 4.37 Å². The number of carbonyl (C=O) groups is 1. The summed E-state index contributed by atoms with van der Waals surface area (Å²) in [5, 5.41) is 11.6. The van der Waals surface area contributed by atoms with Crippen molar-refractivity contribution >= 4 is 44.9 Å². The maximum atomic E-state index is 15.4. The lowest BCUT2D eigenvalue weighted by atomic mass is 9.98. The lowest BCUT2D eigenvalue weighted by Crippen LogP contribution is -2.48. The van der Waals surface area contributed by atoms with Gasteiger partial charge in [0.2, 0.25) is 5.91 Å². The van der Waals surface area contributed by atoms with Gasteiger partial charge < -0.3 is 14.9 Å². The first-order valence-electron chi connectivity index (χ1n) is 9.14. The Morgan fingerprint density at radius 1 is 1.31 bits per heavy atom. The van der Waals surface area contributed by atoms with Gasteiger partial charge in [0.1, 0.15) is 16.3 Å². The number of benzene rings is 2. The quantitative estimate of drug-likeness (QED) is 0.615. The van der Waals surface area contributed by atoms with Gasteiger partial charge in [0.05, 0.1) is 5.02 Å². The van der Waals surface area contributed by atoms with Crippen LogP contribution in [-0.2, 0) is 4.79 Å². The Hall–Kier alpha value is -2.64. The number of aromatic nitrogens is 1. The maximum Gasteiger partial charge on any atom is 0.246 e. The number of anilines is 1. The van der Waals surface area contributed by atoms with Crippen LogP contribution in [0.3, 0.4) is 0 Å². The van der Waals surface area contributed by atoms with E-state index in [1.165, 1.54) is 23.7 Å². The Labute approximate surface area is 176 Å². The van der Waals surface area contributed by atoms with Crippen molar-refractivity contribution in [2.45, 2.75) is 6.92 Å². The minimum absolute atomic E-state index is 0.0482. The average molecular weight is 432 g/mol. The molecule has 1 fully saturated rings. The van der Waals surface area contributed by atoms with Gasteiger partial charge in [-0.3, -0.25) is 4.79 Å². The summed E-state index contributed by atoms with van der Waals surface area (Å²) < 4.78 is 19.8. The molecule has 2 heterocycles. The van der Waals surface area contributed by atoms with Crippen LogP contribution in [0.4, 0.5) is 9.39 Å². The topological polar surface area (TPSA) is 56.7 Å². The summed E-state index contributed by atoms with van der Waals surface area (Å²) in [5.41, 5.74) is 1.85. The van der Waals surface area contributed by atoms with Gasteiger partial charge in [-0.05, 0) is 53.9 Å². The monoisotopic (exact) mass is 431 g/mol. The highest BCUT2D eigenvalue weighted by Crippen LogP contribution is 2.42. The van der Waals surface area contributed by atoms with Crippen molar-refractivity contribution in [3.8, 4) is 16.9 Å². The molecule has 1 saturated heterocycles. The summed E-state index contributed by atoms with van der Waals surface area (Å²) in [7, 11) is 0. The van der Waals surface area contributed by atoms with E-state index in [0.717, 1.165) is 10.6 Å². The number of phenols is 1. The van der Waals surface area contributed by atoms with E-state index in [0.29, 0.717) is 37.1 Å². The van der Waals surface area contributed by atoms with E-state index in [1.54, 1.807) is 23.1 Å². The number of aryl methyl sites for hydroxylation is 1. The third-order valence-electron chi connectivity index (χ3n) is 5.19. The van der Waals surface area contributed by atoms with E-state index in [4.69, 9.17) is 11.6 Å². The summed E-state index contributed by atoms with van der Waals surface area (Å²) >= 11 is 7.71. The third kappa shape index (κ3) is 3.45. The summed E-state index contributed by atoms with van der Waals surface area (Å²) in [4.78, 5) is 15.6. The van der Waals surface area contributed by atoms with E-state index in [2.05, 4.69) is 15.9 Å². The number of phenolic OH excluding ortho intramolecular Hbond substituents is 1. The normalized spacial score (nSPS) is 14.4. The average Bonchev–Trinajstić information content (AvgIpc) is 3.14. The molecular weight excluding hydrogens is 413 g/mol. The molecular formula is C21H19ClFN3O2S. The molecule has 0 unspecified atom stereocenters. The van der Waals surface area contributed by atoms with Gasteiger partial charge in [-0.15, -0.1) is 0 Å². The van der Waals surface area contributed by atoms with E-state index in [9.17, 15) is 9.90 Å². The standard InChI is InChI=1S/C21H19ClFN3O2S/c1-3-17(28)25-6-8-26(9-7-25)21-15-11-16(22)18(19(23)20(15)24-29-21)14-10-13(27)5-4-12(14)2/h3-5,10-11,27H,1,6-9H2,2H3. The third-order valence-corrected chi connectivity index (χ3v) is 6.41. The fraction of sp³-hybridized carbons (Fsp3) is 0.238. The fourth-order valence-corrected chi connectivity index (χ4v) is 4.81. The Bertz CT molecular complexity index is 1120. The highest BCUT2D eigenvalue weighted by atomic mass is 35.5. The van der Waals surface area contributed by atoms with Crippen LogP contribution in [0.1, 0.15) is 5.56 Å². The van der Waals surface area contributed by atoms with Crippen molar-refractivity contribution in [2.75, 3.05) is 31.1 Å². The molecule has 3 aromatic rings. The maximum absolute atomic E-state index is 15.4. The summed E-state index contributed by atoms with van der Waals surface area (Å²) in [5.74, 6) is -0.532. The summed E-state index contributed by atoms with van der Waals surface area (Å²) in [6.07, 6.45) is 1.32. The van der Waals surface area contributed by atoms with Crippen LogP contribution in [0, 0.1) is 12.7 Å². The van der Waals surface area contributed by atoms with Gasteiger partial charge in [0.15, 0.2) is 5.82 Å². The Kier molecular flexibility index (Phi) is 5.19. The van der Waals surface area contributed by atoms with Gasteiger partial charge in [0, 0.05) is 37.1 Å². The van der Waals surface area contributed by atoms with E-state index in [1.807, 2.05) is 6.92 Å². The van der Waals surface area contributed by atoms with Crippen molar-refractivity contribution in [1.82, 2.24) is 9.27 Å². The van der Waals surface area contributed by atoms with E-state index < -0.39 is 5.82 Å². The molecule has 0 atom stereocenters. The smallest absolute Gasteiger partial charge is 0.246 e. The Morgan fingerprint density at radius 3 is 2.72 bits per heavy atom. The number of halogens is 2. The molecule has 0 spiro atoms. The zero-order valence-electron chi connectivity index (χ0n) is 15.8. The number of rotatable bonds is 3. The van der Waals surface area contributed by atoms with Crippen molar-refractivity contribution in [2.24, 2.45) is 0 Å². The number of aromatic hydroxyl groups is 1. The van der Waals surface area contributed by atoms with Gasteiger partial charge in [-0.1, -0.05) is 24.2 Å². The van der Waals surface area contributed by atoms with Gasteiger partial charge in [-0.25, -0.2) is 4.39 Å². The number of fused-ring (bicyclic) bond motifs is 1. The Balaban J connectivity index is 1.73. The minimum Gasteiger partial charge on any atom is -0.508 e. The molecule has 0 saturated carbocycles. The first-order valence-corrected chi connectivity index (χ1v) is 10.3. The van der Waals surface area contributed by atoms with Crippen LogP contribution in [0.5, 0.6) is 5.75 Å². The predicted octanol–water partition coefficient (Wildman–Crippen LogP) is 4.60. The number of nitrogens with zero attached hydrogens (tertiary/aromatic N) is 3. The zero-order chi connectivity index (χ0) is 20.7. The first-order chi connectivity index (χ1) is 13.9. The van der Waals surface area contributed by atoms with Crippen LogP contribution < -0.4 is 4.90 Å². The SMILES string of the molecule is C=CC(=O)N1CCN(c2snc3c(F)c(-c4cc(O)ccc4C)c(Cl)cc23)CC1. The molecule has 150 valence electrons. The van der Waals surface area contributed by atoms with Crippen molar-refractivity contribution in [3.05, 3.63) is 53.3 Å². The number of hydrogen-bond donors (Lipinski definition) is 1. The van der Waals surface area contributed by atoms with Crippen LogP contribution in [0.2, 0.25) is 5.02 Å². The Morgan fingerprint density at radius 2 is 2.03 bits per heavy atom. The number of piperazine rings is 1.